The number of hydrogen-bond donors (Lipinski definition) is 2. The van der Waals surface area contributed by atoms with Gasteiger partial charge in [-0.15, -0.1) is 0 Å². The van der Waals surface area contributed by atoms with Crippen LogP contribution in [0.3, 0.4) is 0 Å². The third-order valence-electron chi connectivity index (χ3n) is 6.69. The van der Waals surface area contributed by atoms with Gasteiger partial charge in [0, 0.05) is 5.92 Å². The van der Waals surface area contributed by atoms with Gasteiger partial charge in [0.25, 0.3) is 0 Å². The molecule has 0 radical (unpaired) electrons. The zero-order valence-corrected chi connectivity index (χ0v) is 21.1. The molecular weight excluding hydrogens is 426 g/mol. The number of amides is 1. The van der Waals surface area contributed by atoms with Gasteiger partial charge in [-0.05, 0) is 52.3 Å². The lowest BCUT2D eigenvalue weighted by molar-refractivity contribution is -0.139. The number of fused-ring (bicyclic) bond motifs is 3. The highest BCUT2D eigenvalue weighted by Gasteiger charge is 2.30. The Bertz CT molecular complexity index is 948. The number of rotatable bonds is 10. The van der Waals surface area contributed by atoms with Gasteiger partial charge in [0.1, 0.15) is 12.6 Å². The Labute approximate surface area is 203 Å². The number of carboxylic acid groups (broad SMARTS) is 1. The Morgan fingerprint density at radius 3 is 2.00 bits per heavy atom. The van der Waals surface area contributed by atoms with Gasteiger partial charge in [0.2, 0.25) is 0 Å². The molecule has 1 aliphatic rings. The van der Waals surface area contributed by atoms with Crippen molar-refractivity contribution < 1.29 is 19.4 Å². The SMILES string of the molecule is CC(CCC(C)CC(C)(C)C)CC(NC(=O)OCC1c2ccccc2-c2ccccc21)C(=O)O. The van der Waals surface area contributed by atoms with Gasteiger partial charge in [-0.2, -0.15) is 0 Å². The number of nitrogens with one attached hydrogen (secondary N) is 1. The minimum Gasteiger partial charge on any atom is -0.480 e. The summed E-state index contributed by atoms with van der Waals surface area (Å²) in [6.07, 6.45) is 2.84. The van der Waals surface area contributed by atoms with Gasteiger partial charge >= 0.3 is 12.1 Å². The molecule has 0 aliphatic heterocycles. The Balaban J connectivity index is 1.53. The summed E-state index contributed by atoms with van der Waals surface area (Å²) in [5.74, 6) is -0.300. The molecule has 1 amide bonds. The Hall–Kier alpha value is -2.82. The molecule has 0 saturated heterocycles. The quantitative estimate of drug-likeness (QED) is 0.402. The second-order valence-electron chi connectivity index (χ2n) is 11.1. The van der Waals surface area contributed by atoms with Crippen LogP contribution in [0.1, 0.15) is 77.3 Å². The molecule has 0 saturated carbocycles. The molecule has 184 valence electrons. The summed E-state index contributed by atoms with van der Waals surface area (Å²) < 4.78 is 5.54. The van der Waals surface area contributed by atoms with Crippen LogP contribution in [-0.4, -0.2) is 29.8 Å². The summed E-state index contributed by atoms with van der Waals surface area (Å²) in [6, 6.07) is 15.3. The van der Waals surface area contributed by atoms with E-state index in [-0.39, 0.29) is 23.9 Å². The number of ether oxygens (including phenoxy) is 1. The summed E-state index contributed by atoms with van der Waals surface area (Å²) >= 11 is 0. The molecule has 3 atom stereocenters. The number of carboxylic acids is 1. The summed E-state index contributed by atoms with van der Waals surface area (Å²) in [4.78, 5) is 24.4. The molecule has 34 heavy (non-hydrogen) atoms. The number of carbonyl (C=O) groups is 2. The molecule has 0 spiro atoms. The second kappa shape index (κ2) is 11.1. The molecule has 5 heteroatoms. The first-order chi connectivity index (χ1) is 16.0. The predicted molar refractivity (Wildman–Crippen MR) is 136 cm³/mol. The number of hydrogen-bond acceptors (Lipinski definition) is 3. The Kier molecular flexibility index (Phi) is 8.40. The van der Waals surface area contributed by atoms with Gasteiger partial charge in [-0.1, -0.05) is 96.0 Å². The second-order valence-corrected chi connectivity index (χ2v) is 11.1. The normalized spacial score (nSPS) is 15.7. The van der Waals surface area contributed by atoms with Crippen molar-refractivity contribution in [1.82, 2.24) is 5.32 Å². The molecule has 3 unspecified atom stereocenters. The van der Waals surface area contributed by atoms with Crippen LogP contribution in [0.4, 0.5) is 4.79 Å². The molecule has 0 heterocycles. The fourth-order valence-corrected chi connectivity index (χ4v) is 5.24. The van der Waals surface area contributed by atoms with Crippen LogP contribution in [0.5, 0.6) is 0 Å². The van der Waals surface area contributed by atoms with E-state index in [1.54, 1.807) is 0 Å². The largest absolute Gasteiger partial charge is 0.480 e. The first-order valence-corrected chi connectivity index (χ1v) is 12.4. The average molecular weight is 466 g/mol. The van der Waals surface area contributed by atoms with Gasteiger partial charge in [0.15, 0.2) is 0 Å². The molecule has 2 N–H and O–H groups in total. The van der Waals surface area contributed by atoms with Crippen LogP contribution < -0.4 is 5.32 Å². The maximum Gasteiger partial charge on any atom is 0.407 e. The van der Waals surface area contributed by atoms with E-state index in [4.69, 9.17) is 4.74 Å². The molecular formula is C29H39NO4. The maximum atomic E-state index is 12.5. The van der Waals surface area contributed by atoms with Crippen LogP contribution >= 0.6 is 0 Å². The topological polar surface area (TPSA) is 75.6 Å². The first kappa shape index (κ1) is 25.8. The van der Waals surface area contributed by atoms with Crippen molar-refractivity contribution in [2.75, 3.05) is 6.61 Å². The van der Waals surface area contributed by atoms with Gasteiger partial charge < -0.3 is 15.2 Å². The number of aliphatic carboxylic acids is 1. The highest BCUT2D eigenvalue weighted by Crippen LogP contribution is 2.44. The molecule has 2 aromatic carbocycles. The highest BCUT2D eigenvalue weighted by molar-refractivity contribution is 5.81. The summed E-state index contributed by atoms with van der Waals surface area (Å²) in [5, 5.41) is 12.3. The lowest BCUT2D eigenvalue weighted by Crippen LogP contribution is -2.42. The smallest absolute Gasteiger partial charge is 0.407 e. The van der Waals surface area contributed by atoms with Crippen molar-refractivity contribution in [3.8, 4) is 11.1 Å². The van der Waals surface area contributed by atoms with E-state index in [1.807, 2.05) is 24.3 Å². The summed E-state index contributed by atoms with van der Waals surface area (Å²) in [7, 11) is 0. The van der Waals surface area contributed by atoms with Crippen molar-refractivity contribution in [2.45, 2.75) is 72.3 Å². The molecule has 1 aliphatic carbocycles. The van der Waals surface area contributed by atoms with E-state index in [1.165, 1.54) is 0 Å². The number of carbonyl (C=O) groups excluding carboxylic acids is 1. The summed E-state index contributed by atoms with van der Waals surface area (Å²) in [5.41, 5.74) is 4.86. The van der Waals surface area contributed by atoms with Crippen LogP contribution in [0.25, 0.3) is 11.1 Å². The van der Waals surface area contributed by atoms with Crippen LogP contribution in [0.2, 0.25) is 0 Å². The van der Waals surface area contributed by atoms with Crippen molar-refractivity contribution in [3.05, 3.63) is 59.7 Å². The standard InChI is InChI=1S/C29H39NO4/c1-19(14-15-20(2)17-29(3,4)5)16-26(27(31)32)30-28(33)34-18-25-23-12-8-6-10-21(23)22-11-7-9-13-24(22)25/h6-13,19-20,25-26H,14-18H2,1-5H3,(H,30,33)(H,31,32). The van der Waals surface area contributed by atoms with E-state index in [0.29, 0.717) is 12.3 Å². The average Bonchev–Trinajstić information content (AvgIpc) is 3.08. The van der Waals surface area contributed by atoms with Crippen LogP contribution in [-0.2, 0) is 9.53 Å². The molecule has 3 rings (SSSR count). The minimum atomic E-state index is -1.02. The molecule has 0 bridgehead atoms. The zero-order valence-electron chi connectivity index (χ0n) is 21.1. The van der Waals surface area contributed by atoms with Gasteiger partial charge in [0.05, 0.1) is 0 Å². The lowest BCUT2D eigenvalue weighted by atomic mass is 9.82. The molecule has 0 fully saturated rings. The van der Waals surface area contributed by atoms with E-state index in [0.717, 1.165) is 41.5 Å². The Morgan fingerprint density at radius 2 is 1.47 bits per heavy atom. The van der Waals surface area contributed by atoms with E-state index < -0.39 is 18.1 Å². The number of benzene rings is 2. The maximum absolute atomic E-state index is 12.5. The van der Waals surface area contributed by atoms with Crippen molar-refractivity contribution in [2.24, 2.45) is 17.3 Å². The van der Waals surface area contributed by atoms with E-state index >= 15 is 0 Å². The number of alkyl carbamates (subject to hydrolysis) is 1. The third kappa shape index (κ3) is 6.85. The highest BCUT2D eigenvalue weighted by atomic mass is 16.5. The van der Waals surface area contributed by atoms with Crippen LogP contribution in [0, 0.1) is 17.3 Å². The third-order valence-corrected chi connectivity index (χ3v) is 6.69. The Morgan fingerprint density at radius 1 is 0.941 bits per heavy atom. The molecule has 0 aromatic heterocycles. The van der Waals surface area contributed by atoms with Crippen molar-refractivity contribution in [3.63, 3.8) is 0 Å². The fraction of sp³-hybridized carbons (Fsp3) is 0.517. The monoisotopic (exact) mass is 465 g/mol. The molecule has 5 nitrogen and oxygen atoms in total. The first-order valence-electron chi connectivity index (χ1n) is 12.4. The fourth-order valence-electron chi connectivity index (χ4n) is 5.24. The van der Waals surface area contributed by atoms with Gasteiger partial charge in [-0.3, -0.25) is 0 Å². The zero-order chi connectivity index (χ0) is 24.9. The van der Waals surface area contributed by atoms with Crippen LogP contribution in [0.15, 0.2) is 48.5 Å². The summed E-state index contributed by atoms with van der Waals surface area (Å²) in [6.45, 7) is 11.2. The molecule has 2 aromatic rings. The lowest BCUT2D eigenvalue weighted by Gasteiger charge is -2.25. The van der Waals surface area contributed by atoms with Crippen molar-refractivity contribution in [1.29, 1.82) is 0 Å². The van der Waals surface area contributed by atoms with Crippen molar-refractivity contribution >= 4 is 12.1 Å². The minimum absolute atomic E-state index is 0.0512. The van der Waals surface area contributed by atoms with Gasteiger partial charge in [-0.25, -0.2) is 9.59 Å². The predicted octanol–water partition coefficient (Wildman–Crippen LogP) is 6.86. The van der Waals surface area contributed by atoms with E-state index in [9.17, 15) is 14.7 Å². The van der Waals surface area contributed by atoms with E-state index in [2.05, 4.69) is 64.2 Å².